The van der Waals surface area contributed by atoms with Crippen molar-refractivity contribution in [1.82, 2.24) is 5.43 Å². The Hall–Kier alpha value is -1.61. The number of Topliss-reactive ketones (excluding diaryl/α,β-unsaturated/α-hetero) is 1. The Kier molecular flexibility index (Phi) is 3.59. The molecule has 1 N–H and O–H groups in total. The molecule has 0 unspecified atom stereocenters. The summed E-state index contributed by atoms with van der Waals surface area (Å²) < 4.78 is 0. The van der Waals surface area contributed by atoms with E-state index in [1.54, 1.807) is 6.92 Å². The first-order valence-electron chi connectivity index (χ1n) is 6.05. The molecule has 0 fully saturated rings. The maximum absolute atomic E-state index is 11.6. The smallest absolute Gasteiger partial charge is 0.158 e. The molecule has 1 aromatic rings. The summed E-state index contributed by atoms with van der Waals surface area (Å²) in [7, 11) is 0. The monoisotopic (exact) mass is 230 g/mol. The Morgan fingerprint density at radius 1 is 1.35 bits per heavy atom. The van der Waals surface area contributed by atoms with E-state index >= 15 is 0 Å². The molecule has 1 heterocycles. The predicted molar refractivity (Wildman–Crippen MR) is 69.5 cm³/mol. The van der Waals surface area contributed by atoms with Crippen LogP contribution in [0.5, 0.6) is 0 Å². The molecule has 0 saturated carbocycles. The molecular weight excluding hydrogens is 212 g/mol. The minimum atomic E-state index is 0.166. The standard InChI is InChI=1S/C14H18N2O/c1-3-7-14-13(11(2)17)10-15-16(14)12-8-5-4-6-9-12/h4-6,8-9,15H,3,7,10H2,1-2H3. The molecule has 0 aliphatic carbocycles. The number of nitrogens with zero attached hydrogens (tertiary/aromatic N) is 1. The molecule has 0 saturated heterocycles. The Balaban J connectivity index is 2.34. The van der Waals surface area contributed by atoms with Gasteiger partial charge in [-0.1, -0.05) is 31.5 Å². The number of nitrogens with one attached hydrogen (secondary N) is 1. The summed E-state index contributed by atoms with van der Waals surface area (Å²) in [5, 5.41) is 2.04. The zero-order chi connectivity index (χ0) is 12.3. The second-order valence-corrected chi connectivity index (χ2v) is 4.24. The van der Waals surface area contributed by atoms with Crippen LogP contribution in [-0.4, -0.2) is 12.3 Å². The number of hydrogen-bond acceptors (Lipinski definition) is 3. The zero-order valence-electron chi connectivity index (χ0n) is 10.4. The number of rotatable bonds is 4. The first-order chi connectivity index (χ1) is 8.24. The number of ketones is 1. The lowest BCUT2D eigenvalue weighted by atomic mass is 10.1. The summed E-state index contributed by atoms with van der Waals surface area (Å²) in [4.78, 5) is 11.6. The van der Waals surface area contributed by atoms with Gasteiger partial charge in [0.1, 0.15) is 0 Å². The number of benzene rings is 1. The molecule has 0 radical (unpaired) electrons. The number of hydrazine groups is 1. The van der Waals surface area contributed by atoms with Gasteiger partial charge >= 0.3 is 0 Å². The van der Waals surface area contributed by atoms with Crippen molar-refractivity contribution in [2.24, 2.45) is 0 Å². The van der Waals surface area contributed by atoms with Crippen molar-refractivity contribution in [2.75, 3.05) is 11.6 Å². The third kappa shape index (κ3) is 2.39. The Morgan fingerprint density at radius 2 is 2.06 bits per heavy atom. The maximum atomic E-state index is 11.6. The average Bonchev–Trinajstić information content (AvgIpc) is 2.75. The summed E-state index contributed by atoms with van der Waals surface area (Å²) in [6.07, 6.45) is 1.97. The fraction of sp³-hybridized carbons (Fsp3) is 0.357. The SMILES string of the molecule is CCCC1=C(C(C)=O)CNN1c1ccccc1. The summed E-state index contributed by atoms with van der Waals surface area (Å²) in [6, 6.07) is 10.1. The van der Waals surface area contributed by atoms with Gasteiger partial charge in [-0.25, -0.2) is 5.43 Å². The second kappa shape index (κ2) is 5.15. The van der Waals surface area contributed by atoms with E-state index in [1.165, 1.54) is 0 Å². The van der Waals surface area contributed by atoms with E-state index in [0.29, 0.717) is 6.54 Å². The molecule has 17 heavy (non-hydrogen) atoms. The van der Waals surface area contributed by atoms with Crippen LogP contribution in [0.2, 0.25) is 0 Å². The lowest BCUT2D eigenvalue weighted by molar-refractivity contribution is -0.113. The minimum absolute atomic E-state index is 0.166. The summed E-state index contributed by atoms with van der Waals surface area (Å²) in [6.45, 7) is 4.41. The van der Waals surface area contributed by atoms with Crippen molar-refractivity contribution < 1.29 is 4.79 Å². The van der Waals surface area contributed by atoms with E-state index < -0.39 is 0 Å². The summed E-state index contributed by atoms with van der Waals surface area (Å²) in [5.74, 6) is 0.166. The van der Waals surface area contributed by atoms with Gasteiger partial charge in [-0.05, 0) is 25.5 Å². The minimum Gasteiger partial charge on any atom is -0.295 e. The molecule has 1 aliphatic rings. The highest BCUT2D eigenvalue weighted by Crippen LogP contribution is 2.26. The van der Waals surface area contributed by atoms with Crippen LogP contribution in [0.15, 0.2) is 41.6 Å². The van der Waals surface area contributed by atoms with Crippen LogP contribution in [0.25, 0.3) is 0 Å². The highest BCUT2D eigenvalue weighted by molar-refractivity contribution is 5.96. The van der Waals surface area contributed by atoms with Crippen LogP contribution >= 0.6 is 0 Å². The Bertz CT molecular complexity index is 437. The number of para-hydroxylation sites is 1. The second-order valence-electron chi connectivity index (χ2n) is 4.24. The van der Waals surface area contributed by atoms with Crippen molar-refractivity contribution in [3.63, 3.8) is 0 Å². The number of anilines is 1. The largest absolute Gasteiger partial charge is 0.295 e. The molecule has 1 aliphatic heterocycles. The van der Waals surface area contributed by atoms with Gasteiger partial charge in [0, 0.05) is 17.8 Å². The van der Waals surface area contributed by atoms with Gasteiger partial charge in [-0.2, -0.15) is 0 Å². The van der Waals surface area contributed by atoms with Gasteiger partial charge in [0.25, 0.3) is 0 Å². The van der Waals surface area contributed by atoms with Crippen molar-refractivity contribution >= 4 is 11.5 Å². The molecule has 0 aromatic heterocycles. The van der Waals surface area contributed by atoms with Crippen LogP contribution in [0.4, 0.5) is 5.69 Å². The number of hydrogen-bond donors (Lipinski definition) is 1. The maximum Gasteiger partial charge on any atom is 0.158 e. The van der Waals surface area contributed by atoms with E-state index in [-0.39, 0.29) is 5.78 Å². The first-order valence-corrected chi connectivity index (χ1v) is 6.05. The third-order valence-electron chi connectivity index (χ3n) is 2.96. The van der Waals surface area contributed by atoms with Crippen molar-refractivity contribution in [3.8, 4) is 0 Å². The van der Waals surface area contributed by atoms with Crippen LogP contribution in [0, 0.1) is 0 Å². The van der Waals surface area contributed by atoms with Crippen LogP contribution in [0.1, 0.15) is 26.7 Å². The van der Waals surface area contributed by atoms with Gasteiger partial charge in [-0.15, -0.1) is 0 Å². The van der Waals surface area contributed by atoms with Crippen molar-refractivity contribution in [1.29, 1.82) is 0 Å². The van der Waals surface area contributed by atoms with E-state index in [9.17, 15) is 4.79 Å². The number of carbonyl (C=O) groups is 1. The van der Waals surface area contributed by atoms with Crippen LogP contribution in [-0.2, 0) is 4.79 Å². The quantitative estimate of drug-likeness (QED) is 0.863. The zero-order valence-corrected chi connectivity index (χ0v) is 10.4. The molecule has 2 rings (SSSR count). The number of allylic oxidation sites excluding steroid dienone is 1. The van der Waals surface area contributed by atoms with Gasteiger partial charge in [0.2, 0.25) is 0 Å². The van der Waals surface area contributed by atoms with E-state index in [4.69, 9.17) is 0 Å². The molecule has 0 bridgehead atoms. The molecule has 0 spiro atoms. The molecule has 3 heteroatoms. The van der Waals surface area contributed by atoms with Crippen molar-refractivity contribution in [3.05, 3.63) is 41.6 Å². The van der Waals surface area contributed by atoms with Gasteiger partial charge in [0.15, 0.2) is 5.78 Å². The molecule has 0 atom stereocenters. The normalized spacial score (nSPS) is 15.5. The van der Waals surface area contributed by atoms with Gasteiger partial charge in [-0.3, -0.25) is 9.80 Å². The highest BCUT2D eigenvalue weighted by atomic mass is 16.1. The fourth-order valence-corrected chi connectivity index (χ4v) is 2.14. The first kappa shape index (κ1) is 11.9. The molecule has 0 amide bonds. The fourth-order valence-electron chi connectivity index (χ4n) is 2.14. The van der Waals surface area contributed by atoms with E-state index in [0.717, 1.165) is 29.8 Å². The molecule has 90 valence electrons. The summed E-state index contributed by atoms with van der Waals surface area (Å²) >= 11 is 0. The summed E-state index contributed by atoms with van der Waals surface area (Å²) in [5.41, 5.74) is 6.40. The van der Waals surface area contributed by atoms with Crippen molar-refractivity contribution in [2.45, 2.75) is 26.7 Å². The third-order valence-corrected chi connectivity index (χ3v) is 2.96. The Morgan fingerprint density at radius 3 is 2.65 bits per heavy atom. The van der Waals surface area contributed by atoms with Gasteiger partial charge < -0.3 is 0 Å². The lowest BCUT2D eigenvalue weighted by Gasteiger charge is -2.22. The Labute approximate surface area is 102 Å². The van der Waals surface area contributed by atoms with Crippen LogP contribution < -0.4 is 10.4 Å². The van der Waals surface area contributed by atoms with E-state index in [1.807, 2.05) is 35.3 Å². The van der Waals surface area contributed by atoms with Gasteiger partial charge in [0.05, 0.1) is 5.69 Å². The van der Waals surface area contributed by atoms with E-state index in [2.05, 4.69) is 12.3 Å². The molecule has 3 nitrogen and oxygen atoms in total. The lowest BCUT2D eigenvalue weighted by Crippen LogP contribution is -2.31. The molecular formula is C14H18N2O. The highest BCUT2D eigenvalue weighted by Gasteiger charge is 2.24. The van der Waals surface area contributed by atoms with Crippen LogP contribution in [0.3, 0.4) is 0 Å². The number of carbonyl (C=O) groups excluding carboxylic acids is 1. The molecule has 1 aromatic carbocycles. The average molecular weight is 230 g/mol. The topological polar surface area (TPSA) is 32.3 Å². The predicted octanol–water partition coefficient (Wildman–Crippen LogP) is 2.65.